The van der Waals surface area contributed by atoms with Gasteiger partial charge < -0.3 is 13.4 Å². The highest BCUT2D eigenvalue weighted by atomic mass is 16.4. The van der Waals surface area contributed by atoms with Crippen LogP contribution in [0, 0.1) is 0 Å². The zero-order valence-electron chi connectivity index (χ0n) is 31.3. The van der Waals surface area contributed by atoms with Crippen LogP contribution in [-0.4, -0.2) is 29.5 Å². The summed E-state index contributed by atoms with van der Waals surface area (Å²) in [6, 6.07) is 61.6. The van der Waals surface area contributed by atoms with E-state index in [1.165, 1.54) is 16.3 Å². The molecule has 0 N–H and O–H groups in total. The van der Waals surface area contributed by atoms with E-state index >= 15 is 0 Å². The summed E-state index contributed by atoms with van der Waals surface area (Å²) >= 11 is 0. The third-order valence-corrected chi connectivity index (χ3v) is 10.9. The second-order valence-electron chi connectivity index (χ2n) is 14.6. The summed E-state index contributed by atoms with van der Waals surface area (Å²) in [7, 11) is 0. The largest absolute Gasteiger partial charge is 0.436 e. The molecule has 0 fully saturated rings. The zero-order valence-corrected chi connectivity index (χ0v) is 31.3. The summed E-state index contributed by atoms with van der Waals surface area (Å²) < 4.78 is 14.5. The van der Waals surface area contributed by atoms with Gasteiger partial charge in [-0.3, -0.25) is 0 Å². The van der Waals surface area contributed by atoms with Crippen LogP contribution in [0.25, 0.3) is 118 Å². The van der Waals surface area contributed by atoms with Crippen molar-refractivity contribution < 1.29 is 8.83 Å². The SMILES string of the molecule is c1ccc(-n2c3ccccc3c3cc4cc(-c5nc(-c6ccc(-c7nc8ccccc8o7)cc6)nc(-c6ccc(-c7nc8ccccc8o7)cc6)n5)ccc4cc32)cc1. The Morgan fingerprint density at radius 2 is 0.847 bits per heavy atom. The smallest absolute Gasteiger partial charge is 0.227 e. The average molecular weight is 759 g/mol. The molecular formula is C51H30N6O2. The molecule has 276 valence electrons. The predicted octanol–water partition coefficient (Wildman–Crippen LogP) is 12.7. The van der Waals surface area contributed by atoms with Gasteiger partial charge >= 0.3 is 0 Å². The summed E-state index contributed by atoms with van der Waals surface area (Å²) in [5.74, 6) is 2.80. The molecule has 8 heteroatoms. The van der Waals surface area contributed by atoms with Gasteiger partial charge in [-0.25, -0.2) is 24.9 Å². The Morgan fingerprint density at radius 1 is 0.339 bits per heavy atom. The number of oxazole rings is 2. The number of hydrogen-bond donors (Lipinski definition) is 0. The first-order valence-electron chi connectivity index (χ1n) is 19.4. The van der Waals surface area contributed by atoms with Crippen LogP contribution >= 0.6 is 0 Å². The molecule has 59 heavy (non-hydrogen) atoms. The minimum absolute atomic E-state index is 0.554. The second kappa shape index (κ2) is 13.2. The number of para-hydroxylation sites is 6. The number of fused-ring (bicyclic) bond motifs is 6. The van der Waals surface area contributed by atoms with Crippen molar-refractivity contribution in [3.8, 4) is 62.8 Å². The fourth-order valence-electron chi connectivity index (χ4n) is 7.99. The molecule has 0 aliphatic rings. The van der Waals surface area contributed by atoms with Gasteiger partial charge in [0.25, 0.3) is 0 Å². The van der Waals surface area contributed by atoms with Gasteiger partial charge in [-0.05, 0) is 95.7 Å². The van der Waals surface area contributed by atoms with E-state index in [9.17, 15) is 0 Å². The Balaban J connectivity index is 0.979. The molecule has 12 rings (SSSR count). The van der Waals surface area contributed by atoms with E-state index in [1.54, 1.807) is 0 Å². The minimum Gasteiger partial charge on any atom is -0.436 e. The Kier molecular flexibility index (Phi) is 7.36. The molecule has 0 amide bonds. The maximum Gasteiger partial charge on any atom is 0.227 e. The lowest BCUT2D eigenvalue weighted by Gasteiger charge is -2.10. The van der Waals surface area contributed by atoms with Gasteiger partial charge in [0, 0.05) is 44.3 Å². The minimum atomic E-state index is 0.554. The summed E-state index contributed by atoms with van der Waals surface area (Å²) in [6.45, 7) is 0. The van der Waals surface area contributed by atoms with Crippen LogP contribution in [0.4, 0.5) is 0 Å². The molecule has 0 spiro atoms. The number of aromatic nitrogens is 6. The normalized spacial score (nSPS) is 11.7. The van der Waals surface area contributed by atoms with Gasteiger partial charge in [-0.15, -0.1) is 0 Å². The standard InChI is InChI=1S/C51H30N6O2/c1-2-10-38(11-3-1)57-43-15-7-4-12-39(43)40-29-37-28-36(27-26-35(37)30-44(40)57)49-55-47(31-18-22-33(23-19-31)50-52-41-13-5-8-16-45(41)58-50)54-48(56-49)32-20-24-34(25-21-32)51-53-42-14-6-9-17-46(42)59-51/h1-30H. The second-order valence-corrected chi connectivity index (χ2v) is 14.6. The summed E-state index contributed by atoms with van der Waals surface area (Å²) in [5.41, 5.74) is 10.9. The van der Waals surface area contributed by atoms with Crippen molar-refractivity contribution in [1.82, 2.24) is 29.5 Å². The molecule has 0 saturated carbocycles. The Bertz CT molecular complexity index is 3350. The lowest BCUT2D eigenvalue weighted by molar-refractivity contribution is 0.619. The van der Waals surface area contributed by atoms with E-state index in [1.807, 2.05) is 97.1 Å². The number of benzene rings is 8. The maximum atomic E-state index is 6.06. The Morgan fingerprint density at radius 3 is 1.46 bits per heavy atom. The van der Waals surface area contributed by atoms with Crippen molar-refractivity contribution in [3.63, 3.8) is 0 Å². The monoisotopic (exact) mass is 758 g/mol. The Labute approximate surface area is 336 Å². The fraction of sp³-hybridized carbons (Fsp3) is 0. The number of hydrogen-bond acceptors (Lipinski definition) is 7. The molecule has 4 aromatic heterocycles. The third-order valence-electron chi connectivity index (χ3n) is 10.9. The first-order valence-corrected chi connectivity index (χ1v) is 19.4. The van der Waals surface area contributed by atoms with Crippen LogP contribution in [0.15, 0.2) is 191 Å². The van der Waals surface area contributed by atoms with E-state index in [0.717, 1.165) is 72.0 Å². The van der Waals surface area contributed by atoms with Crippen molar-refractivity contribution in [2.24, 2.45) is 0 Å². The average Bonchev–Trinajstić information content (AvgIpc) is 4.03. The van der Waals surface area contributed by atoms with Crippen LogP contribution in [0.2, 0.25) is 0 Å². The molecule has 8 aromatic carbocycles. The predicted molar refractivity (Wildman–Crippen MR) is 234 cm³/mol. The van der Waals surface area contributed by atoms with E-state index in [-0.39, 0.29) is 0 Å². The van der Waals surface area contributed by atoms with Crippen LogP contribution in [0.3, 0.4) is 0 Å². The molecule has 0 bridgehead atoms. The molecule has 0 atom stereocenters. The highest BCUT2D eigenvalue weighted by Crippen LogP contribution is 2.37. The van der Waals surface area contributed by atoms with Gasteiger partial charge in [-0.1, -0.05) is 97.1 Å². The highest BCUT2D eigenvalue weighted by molar-refractivity contribution is 6.14. The summed E-state index contributed by atoms with van der Waals surface area (Å²) in [4.78, 5) is 24.6. The third kappa shape index (κ3) is 5.65. The quantitative estimate of drug-likeness (QED) is 0.167. The fourth-order valence-corrected chi connectivity index (χ4v) is 7.99. The van der Waals surface area contributed by atoms with Crippen LogP contribution < -0.4 is 0 Å². The first kappa shape index (κ1) is 33.0. The van der Waals surface area contributed by atoms with E-state index in [2.05, 4.69) is 89.5 Å². The first-order chi connectivity index (χ1) is 29.2. The molecule has 8 nitrogen and oxygen atoms in total. The lowest BCUT2D eigenvalue weighted by atomic mass is 10.0. The molecule has 0 aliphatic heterocycles. The molecule has 4 heterocycles. The van der Waals surface area contributed by atoms with Crippen LogP contribution in [-0.2, 0) is 0 Å². The van der Waals surface area contributed by atoms with Crippen LogP contribution in [0.1, 0.15) is 0 Å². The van der Waals surface area contributed by atoms with Crippen molar-refractivity contribution in [2.75, 3.05) is 0 Å². The zero-order chi connectivity index (χ0) is 38.9. The van der Waals surface area contributed by atoms with Gasteiger partial charge in [-0.2, -0.15) is 0 Å². The van der Waals surface area contributed by atoms with Crippen molar-refractivity contribution in [1.29, 1.82) is 0 Å². The van der Waals surface area contributed by atoms with E-state index in [0.29, 0.717) is 29.3 Å². The molecule has 12 aromatic rings. The lowest BCUT2D eigenvalue weighted by Crippen LogP contribution is -2.00. The molecule has 0 aliphatic carbocycles. The molecular weight excluding hydrogens is 729 g/mol. The maximum absolute atomic E-state index is 6.06. The van der Waals surface area contributed by atoms with Crippen molar-refractivity contribution in [2.45, 2.75) is 0 Å². The summed E-state index contributed by atoms with van der Waals surface area (Å²) in [5, 5.41) is 4.61. The molecule has 0 saturated heterocycles. The van der Waals surface area contributed by atoms with Gasteiger partial charge in [0.2, 0.25) is 11.8 Å². The van der Waals surface area contributed by atoms with E-state index in [4.69, 9.17) is 33.8 Å². The topological polar surface area (TPSA) is 95.7 Å². The van der Waals surface area contributed by atoms with Gasteiger partial charge in [0.15, 0.2) is 28.6 Å². The molecule has 0 unspecified atom stereocenters. The van der Waals surface area contributed by atoms with Crippen molar-refractivity contribution in [3.05, 3.63) is 182 Å². The van der Waals surface area contributed by atoms with Gasteiger partial charge in [0.05, 0.1) is 11.0 Å². The Hall–Kier alpha value is -8.23. The summed E-state index contributed by atoms with van der Waals surface area (Å²) in [6.07, 6.45) is 0. The van der Waals surface area contributed by atoms with E-state index < -0.39 is 0 Å². The molecule has 0 radical (unpaired) electrons. The van der Waals surface area contributed by atoms with Gasteiger partial charge in [0.1, 0.15) is 11.0 Å². The number of nitrogens with zero attached hydrogens (tertiary/aromatic N) is 6. The van der Waals surface area contributed by atoms with Crippen molar-refractivity contribution >= 4 is 54.8 Å². The van der Waals surface area contributed by atoms with Crippen LogP contribution in [0.5, 0.6) is 0 Å². The number of rotatable bonds is 6. The highest BCUT2D eigenvalue weighted by Gasteiger charge is 2.17.